The Labute approximate surface area is 137 Å². The predicted octanol–water partition coefficient (Wildman–Crippen LogP) is 2.64. The number of rotatable bonds is 7. The average Bonchev–Trinajstić information content (AvgIpc) is 2.43. The molecule has 0 bridgehead atoms. The van der Waals surface area contributed by atoms with Crippen molar-refractivity contribution in [1.29, 1.82) is 0 Å². The second-order valence-electron chi connectivity index (χ2n) is 5.86. The van der Waals surface area contributed by atoms with Crippen molar-refractivity contribution < 1.29 is 32.6 Å². The first kappa shape index (κ1) is 19.7. The van der Waals surface area contributed by atoms with Crippen molar-refractivity contribution in [2.75, 3.05) is 6.61 Å². The number of aliphatic carboxylic acids is 1. The van der Waals surface area contributed by atoms with Gasteiger partial charge in [-0.2, -0.15) is 13.2 Å². The molecular weight excluding hydrogens is 329 g/mol. The highest BCUT2D eigenvalue weighted by molar-refractivity contribution is 5.93. The molecule has 0 aromatic carbocycles. The zero-order valence-electron chi connectivity index (χ0n) is 13.5. The van der Waals surface area contributed by atoms with Crippen molar-refractivity contribution in [3.05, 3.63) is 23.9 Å². The highest BCUT2D eigenvalue weighted by Crippen LogP contribution is 2.22. The molecule has 0 aliphatic rings. The first-order valence-electron chi connectivity index (χ1n) is 7.14. The first-order chi connectivity index (χ1) is 10.9. The van der Waals surface area contributed by atoms with E-state index in [-0.39, 0.29) is 23.9 Å². The van der Waals surface area contributed by atoms with Crippen molar-refractivity contribution in [3.8, 4) is 5.88 Å². The van der Waals surface area contributed by atoms with Crippen LogP contribution in [0.1, 0.15) is 37.7 Å². The summed E-state index contributed by atoms with van der Waals surface area (Å²) in [7, 11) is 0. The lowest BCUT2D eigenvalue weighted by molar-refractivity contribution is -0.154. The lowest BCUT2D eigenvalue weighted by Gasteiger charge is -2.33. The molecule has 0 saturated carbocycles. The number of hydrogen-bond donors (Lipinski definition) is 2. The zero-order chi connectivity index (χ0) is 18.5. The molecule has 6 nitrogen and oxygen atoms in total. The SMILES string of the molecule is CC(C)C(C)(CC(=O)O)NC(=O)c1cccc(OCC(F)(F)F)n1. The van der Waals surface area contributed by atoms with Gasteiger partial charge in [-0.15, -0.1) is 0 Å². The van der Waals surface area contributed by atoms with Crippen LogP contribution in [0, 0.1) is 5.92 Å². The third-order valence-electron chi connectivity index (χ3n) is 3.53. The van der Waals surface area contributed by atoms with Crippen LogP contribution in [0.15, 0.2) is 18.2 Å². The Morgan fingerprint density at radius 1 is 1.33 bits per heavy atom. The molecule has 0 radical (unpaired) electrons. The Morgan fingerprint density at radius 2 is 1.96 bits per heavy atom. The van der Waals surface area contributed by atoms with Crippen molar-refractivity contribution >= 4 is 11.9 Å². The van der Waals surface area contributed by atoms with Crippen LogP contribution < -0.4 is 10.1 Å². The maximum atomic E-state index is 12.3. The quantitative estimate of drug-likeness (QED) is 0.791. The Bertz CT molecular complexity index is 605. The number of pyridine rings is 1. The number of carbonyl (C=O) groups is 2. The predicted molar refractivity (Wildman–Crippen MR) is 78.7 cm³/mol. The smallest absolute Gasteiger partial charge is 0.422 e. The van der Waals surface area contributed by atoms with Gasteiger partial charge in [-0.25, -0.2) is 4.98 Å². The Hall–Kier alpha value is -2.32. The summed E-state index contributed by atoms with van der Waals surface area (Å²) in [5, 5.41) is 11.6. The Morgan fingerprint density at radius 3 is 2.46 bits per heavy atom. The second kappa shape index (κ2) is 7.50. The highest BCUT2D eigenvalue weighted by atomic mass is 19.4. The maximum absolute atomic E-state index is 12.3. The lowest BCUT2D eigenvalue weighted by Crippen LogP contribution is -2.51. The summed E-state index contributed by atoms with van der Waals surface area (Å²) in [6.45, 7) is 3.56. The molecular formula is C15H19F3N2O4. The van der Waals surface area contributed by atoms with E-state index in [1.807, 2.05) is 0 Å². The topological polar surface area (TPSA) is 88.5 Å². The van der Waals surface area contributed by atoms with E-state index in [9.17, 15) is 22.8 Å². The molecule has 0 aliphatic carbocycles. The van der Waals surface area contributed by atoms with Crippen LogP contribution in [0.3, 0.4) is 0 Å². The van der Waals surface area contributed by atoms with Crippen LogP contribution in [0.25, 0.3) is 0 Å². The van der Waals surface area contributed by atoms with Crippen molar-refractivity contribution in [3.63, 3.8) is 0 Å². The average molecular weight is 348 g/mol. The van der Waals surface area contributed by atoms with Gasteiger partial charge in [0.15, 0.2) is 6.61 Å². The number of ether oxygens (including phenoxy) is 1. The van der Waals surface area contributed by atoms with Crippen LogP contribution in [-0.2, 0) is 4.79 Å². The van der Waals surface area contributed by atoms with Crippen LogP contribution in [0.5, 0.6) is 5.88 Å². The summed E-state index contributed by atoms with van der Waals surface area (Å²) < 4.78 is 40.9. The number of aromatic nitrogens is 1. The molecule has 1 rings (SSSR count). The number of carbonyl (C=O) groups excluding carboxylic acids is 1. The molecule has 9 heteroatoms. The molecule has 2 N–H and O–H groups in total. The van der Waals surface area contributed by atoms with Crippen molar-refractivity contribution in [2.24, 2.45) is 5.92 Å². The van der Waals surface area contributed by atoms with E-state index in [0.29, 0.717) is 0 Å². The number of nitrogens with zero attached hydrogens (tertiary/aromatic N) is 1. The fourth-order valence-electron chi connectivity index (χ4n) is 1.81. The van der Waals surface area contributed by atoms with Gasteiger partial charge in [0.05, 0.1) is 12.0 Å². The van der Waals surface area contributed by atoms with E-state index in [4.69, 9.17) is 5.11 Å². The number of carboxylic acids is 1. The standard InChI is InChI=1S/C15H19F3N2O4/c1-9(2)14(3,7-12(21)22)20-13(23)10-5-4-6-11(19-10)24-8-15(16,17)18/h4-6,9H,7-8H2,1-3H3,(H,20,23)(H,21,22). The van der Waals surface area contributed by atoms with Gasteiger partial charge in [-0.1, -0.05) is 19.9 Å². The van der Waals surface area contributed by atoms with Crippen LogP contribution in [-0.4, -0.2) is 40.3 Å². The summed E-state index contributed by atoms with van der Waals surface area (Å²) in [6, 6.07) is 3.83. The van der Waals surface area contributed by atoms with E-state index in [0.717, 1.165) is 0 Å². The third-order valence-corrected chi connectivity index (χ3v) is 3.53. The van der Waals surface area contributed by atoms with Crippen LogP contribution in [0.4, 0.5) is 13.2 Å². The summed E-state index contributed by atoms with van der Waals surface area (Å²) in [5.41, 5.74) is -1.19. The molecule has 0 fully saturated rings. The molecule has 1 amide bonds. The molecule has 0 saturated heterocycles. The van der Waals surface area contributed by atoms with Crippen LogP contribution in [0.2, 0.25) is 0 Å². The molecule has 0 aliphatic heterocycles. The van der Waals surface area contributed by atoms with Gasteiger partial charge in [0.2, 0.25) is 5.88 Å². The van der Waals surface area contributed by atoms with Gasteiger partial charge in [0.1, 0.15) is 5.69 Å². The fourth-order valence-corrected chi connectivity index (χ4v) is 1.81. The summed E-state index contributed by atoms with van der Waals surface area (Å²) in [4.78, 5) is 26.9. The van der Waals surface area contributed by atoms with E-state index in [1.165, 1.54) is 18.2 Å². The van der Waals surface area contributed by atoms with Gasteiger partial charge in [-0.05, 0) is 18.9 Å². The van der Waals surface area contributed by atoms with Gasteiger partial charge in [0, 0.05) is 6.07 Å². The number of halogens is 3. The number of carboxylic acid groups (broad SMARTS) is 1. The van der Waals surface area contributed by atoms with Crippen LogP contribution >= 0.6 is 0 Å². The lowest BCUT2D eigenvalue weighted by atomic mass is 9.85. The van der Waals surface area contributed by atoms with E-state index in [1.54, 1.807) is 20.8 Å². The molecule has 1 unspecified atom stereocenters. The normalized spacial score (nSPS) is 14.1. The summed E-state index contributed by atoms with van der Waals surface area (Å²) >= 11 is 0. The Balaban J connectivity index is 2.89. The Kier molecular flexibility index (Phi) is 6.16. The number of nitrogens with one attached hydrogen (secondary N) is 1. The molecule has 24 heavy (non-hydrogen) atoms. The monoisotopic (exact) mass is 348 g/mol. The molecule has 0 spiro atoms. The largest absolute Gasteiger partial charge is 0.481 e. The van der Waals surface area contributed by atoms with Gasteiger partial charge < -0.3 is 15.2 Å². The summed E-state index contributed by atoms with van der Waals surface area (Å²) in [5.74, 6) is -2.31. The molecule has 1 heterocycles. The number of alkyl halides is 3. The number of amides is 1. The highest BCUT2D eigenvalue weighted by Gasteiger charge is 2.33. The van der Waals surface area contributed by atoms with Gasteiger partial charge in [-0.3, -0.25) is 9.59 Å². The minimum atomic E-state index is -4.52. The maximum Gasteiger partial charge on any atom is 0.422 e. The van der Waals surface area contributed by atoms with Gasteiger partial charge in [0.25, 0.3) is 5.91 Å². The number of hydrogen-bond acceptors (Lipinski definition) is 4. The third kappa shape index (κ3) is 6.05. The fraction of sp³-hybridized carbons (Fsp3) is 0.533. The summed E-state index contributed by atoms with van der Waals surface area (Å²) in [6.07, 6.45) is -4.82. The molecule has 1 aromatic rings. The molecule has 1 atom stereocenters. The van der Waals surface area contributed by atoms with Crippen molar-refractivity contribution in [1.82, 2.24) is 10.3 Å². The zero-order valence-corrected chi connectivity index (χ0v) is 13.5. The minimum Gasteiger partial charge on any atom is -0.481 e. The van der Waals surface area contributed by atoms with Crippen molar-refractivity contribution in [2.45, 2.75) is 38.9 Å². The minimum absolute atomic E-state index is 0.160. The molecule has 134 valence electrons. The van der Waals surface area contributed by atoms with E-state index >= 15 is 0 Å². The van der Waals surface area contributed by atoms with E-state index < -0.39 is 30.2 Å². The molecule has 1 aromatic heterocycles. The van der Waals surface area contributed by atoms with Gasteiger partial charge >= 0.3 is 12.1 Å². The first-order valence-corrected chi connectivity index (χ1v) is 7.14. The second-order valence-corrected chi connectivity index (χ2v) is 5.86. The van der Waals surface area contributed by atoms with E-state index in [2.05, 4.69) is 15.0 Å².